The molecule has 0 aliphatic carbocycles. The molecule has 0 unspecified atom stereocenters. The number of carbonyl (C=O) groups excluding carboxylic acids is 1. The van der Waals surface area contributed by atoms with E-state index in [-0.39, 0.29) is 11.4 Å². The van der Waals surface area contributed by atoms with Crippen LogP contribution in [0.1, 0.15) is 41.0 Å². The van der Waals surface area contributed by atoms with Crippen molar-refractivity contribution < 1.29 is 4.79 Å². The quantitative estimate of drug-likeness (QED) is 0.338. The van der Waals surface area contributed by atoms with Gasteiger partial charge < -0.3 is 15.5 Å². The van der Waals surface area contributed by atoms with Crippen LogP contribution in [0.5, 0.6) is 0 Å². The van der Waals surface area contributed by atoms with Gasteiger partial charge in [-0.3, -0.25) is 9.79 Å². The Morgan fingerprint density at radius 3 is 2.50 bits per heavy atom. The highest BCUT2D eigenvalue weighted by Crippen LogP contribution is 1.98. The average Bonchev–Trinajstić information content (AvgIpc) is 2.30. The average molecular weight is 282 g/mol. The van der Waals surface area contributed by atoms with Crippen LogP contribution in [0, 0.1) is 0 Å². The summed E-state index contributed by atoms with van der Waals surface area (Å²) in [6.45, 7) is 11.7. The first-order valence-corrected chi connectivity index (χ1v) is 7.21. The second kappa shape index (κ2) is 9.39. The normalized spacial score (nSPS) is 12.6. The fraction of sp³-hybridized carbons (Fsp3) is 0.733. The van der Waals surface area contributed by atoms with E-state index in [0.29, 0.717) is 6.54 Å². The summed E-state index contributed by atoms with van der Waals surface area (Å²) in [6, 6.07) is 0. The maximum absolute atomic E-state index is 11.9. The monoisotopic (exact) mass is 282 g/mol. The van der Waals surface area contributed by atoms with Crippen LogP contribution in [-0.4, -0.2) is 49.0 Å². The Kier molecular flexibility index (Phi) is 8.68. The number of aliphatic imine (C=N–C) groups is 1. The Balaban J connectivity index is 4.48. The number of amides is 1. The minimum atomic E-state index is -0.209. The van der Waals surface area contributed by atoms with Gasteiger partial charge in [0.05, 0.1) is 6.54 Å². The van der Waals surface area contributed by atoms with Gasteiger partial charge in [-0.25, -0.2) is 0 Å². The fourth-order valence-electron chi connectivity index (χ4n) is 1.63. The van der Waals surface area contributed by atoms with Gasteiger partial charge in [0, 0.05) is 25.7 Å². The van der Waals surface area contributed by atoms with E-state index >= 15 is 0 Å². The molecule has 2 N–H and O–H groups in total. The number of hydrogen-bond acceptors (Lipinski definition) is 2. The molecule has 1 amide bonds. The standard InChI is InChI=1S/C15H30N4O/c1-7-9-10-11-17-14(16-8-2)19(6)12-13(20)18-15(3,4)5/h7,9H,8,10-12H2,1-6H3,(H,16,17)(H,18,20)/b9-7+. The van der Waals surface area contributed by atoms with Crippen molar-refractivity contribution in [3.63, 3.8) is 0 Å². The zero-order chi connectivity index (χ0) is 15.6. The van der Waals surface area contributed by atoms with Crippen molar-refractivity contribution in [2.24, 2.45) is 4.99 Å². The highest BCUT2D eigenvalue weighted by atomic mass is 16.2. The SMILES string of the molecule is C/C=C/CCN=C(NCC)N(C)CC(=O)NC(C)(C)C. The zero-order valence-electron chi connectivity index (χ0n) is 13.8. The molecule has 0 aromatic carbocycles. The van der Waals surface area contributed by atoms with Crippen molar-refractivity contribution in [2.75, 3.05) is 26.7 Å². The Bertz CT molecular complexity index is 342. The molecule has 0 spiro atoms. The van der Waals surface area contributed by atoms with Crippen LogP contribution in [0.4, 0.5) is 0 Å². The van der Waals surface area contributed by atoms with Gasteiger partial charge in [-0.1, -0.05) is 12.2 Å². The molecule has 0 atom stereocenters. The number of nitrogens with zero attached hydrogens (tertiary/aromatic N) is 2. The van der Waals surface area contributed by atoms with Crippen LogP contribution < -0.4 is 10.6 Å². The van der Waals surface area contributed by atoms with Gasteiger partial charge in [-0.15, -0.1) is 0 Å². The maximum Gasteiger partial charge on any atom is 0.240 e. The summed E-state index contributed by atoms with van der Waals surface area (Å²) in [5, 5.41) is 6.15. The smallest absolute Gasteiger partial charge is 0.240 e. The summed E-state index contributed by atoms with van der Waals surface area (Å²) < 4.78 is 0. The predicted octanol–water partition coefficient (Wildman–Crippen LogP) is 1.76. The van der Waals surface area contributed by atoms with E-state index < -0.39 is 0 Å². The molecular weight excluding hydrogens is 252 g/mol. The Morgan fingerprint density at radius 2 is 2.00 bits per heavy atom. The number of carbonyl (C=O) groups is 1. The van der Waals surface area contributed by atoms with Gasteiger partial charge in [0.15, 0.2) is 5.96 Å². The number of guanidine groups is 1. The van der Waals surface area contributed by atoms with Crippen molar-refractivity contribution >= 4 is 11.9 Å². The third kappa shape index (κ3) is 9.42. The van der Waals surface area contributed by atoms with Crippen LogP contribution in [0.2, 0.25) is 0 Å². The lowest BCUT2D eigenvalue weighted by atomic mass is 10.1. The topological polar surface area (TPSA) is 56.7 Å². The molecule has 20 heavy (non-hydrogen) atoms. The van der Waals surface area contributed by atoms with Crippen molar-refractivity contribution in [3.05, 3.63) is 12.2 Å². The molecule has 0 aromatic rings. The molecule has 0 aliphatic heterocycles. The van der Waals surface area contributed by atoms with Gasteiger partial charge in [-0.2, -0.15) is 0 Å². The second-order valence-electron chi connectivity index (χ2n) is 5.75. The summed E-state index contributed by atoms with van der Waals surface area (Å²) in [5.41, 5.74) is -0.209. The first kappa shape index (κ1) is 18.5. The summed E-state index contributed by atoms with van der Waals surface area (Å²) in [6.07, 6.45) is 5.01. The molecule has 0 saturated carbocycles. The molecule has 0 saturated heterocycles. The predicted molar refractivity (Wildman–Crippen MR) is 85.9 cm³/mol. The van der Waals surface area contributed by atoms with Crippen LogP contribution in [0.25, 0.3) is 0 Å². The van der Waals surface area contributed by atoms with Crippen molar-refractivity contribution in [1.29, 1.82) is 0 Å². The van der Waals surface area contributed by atoms with Crippen molar-refractivity contribution in [3.8, 4) is 0 Å². The van der Waals surface area contributed by atoms with E-state index in [4.69, 9.17) is 0 Å². The molecular formula is C15H30N4O. The molecule has 116 valence electrons. The molecule has 5 nitrogen and oxygen atoms in total. The fourth-order valence-corrected chi connectivity index (χ4v) is 1.63. The largest absolute Gasteiger partial charge is 0.357 e. The summed E-state index contributed by atoms with van der Waals surface area (Å²) in [4.78, 5) is 18.3. The van der Waals surface area contributed by atoms with Crippen LogP contribution in [0.3, 0.4) is 0 Å². The van der Waals surface area contributed by atoms with Gasteiger partial charge >= 0.3 is 0 Å². The highest BCUT2D eigenvalue weighted by molar-refractivity contribution is 5.86. The number of likely N-dealkylation sites (N-methyl/N-ethyl adjacent to an activating group) is 1. The zero-order valence-corrected chi connectivity index (χ0v) is 13.8. The van der Waals surface area contributed by atoms with Gasteiger partial charge in [0.2, 0.25) is 5.91 Å². The second-order valence-corrected chi connectivity index (χ2v) is 5.75. The molecule has 0 aromatic heterocycles. The first-order valence-electron chi connectivity index (χ1n) is 7.21. The minimum absolute atomic E-state index is 0.000873. The summed E-state index contributed by atoms with van der Waals surface area (Å²) in [5.74, 6) is 0.764. The van der Waals surface area contributed by atoms with E-state index in [9.17, 15) is 4.79 Å². The molecule has 0 heterocycles. The van der Waals surface area contributed by atoms with E-state index in [1.807, 2.05) is 52.6 Å². The van der Waals surface area contributed by atoms with E-state index in [1.54, 1.807) is 0 Å². The maximum atomic E-state index is 11.9. The van der Waals surface area contributed by atoms with Crippen LogP contribution in [0.15, 0.2) is 17.1 Å². The molecule has 0 aliphatic rings. The van der Waals surface area contributed by atoms with Crippen LogP contribution in [-0.2, 0) is 4.79 Å². The number of allylic oxidation sites excluding steroid dienone is 1. The molecule has 0 fully saturated rings. The van der Waals surface area contributed by atoms with Crippen molar-refractivity contribution in [2.45, 2.75) is 46.6 Å². The highest BCUT2D eigenvalue weighted by Gasteiger charge is 2.16. The summed E-state index contributed by atoms with van der Waals surface area (Å²) in [7, 11) is 1.87. The van der Waals surface area contributed by atoms with Crippen molar-refractivity contribution in [1.82, 2.24) is 15.5 Å². The third-order valence-electron chi connectivity index (χ3n) is 2.38. The Hall–Kier alpha value is -1.52. The first-order chi connectivity index (χ1) is 9.30. The van der Waals surface area contributed by atoms with Crippen LogP contribution >= 0.6 is 0 Å². The minimum Gasteiger partial charge on any atom is -0.357 e. The van der Waals surface area contributed by atoms with E-state index in [1.165, 1.54) is 0 Å². The number of rotatable bonds is 6. The lowest BCUT2D eigenvalue weighted by Crippen LogP contribution is -2.48. The Labute approximate surface area is 123 Å². The Morgan fingerprint density at radius 1 is 1.35 bits per heavy atom. The molecule has 0 bridgehead atoms. The van der Waals surface area contributed by atoms with E-state index in [2.05, 4.69) is 21.7 Å². The summed E-state index contributed by atoms with van der Waals surface area (Å²) >= 11 is 0. The molecule has 0 rings (SSSR count). The molecule has 0 radical (unpaired) electrons. The lowest BCUT2D eigenvalue weighted by Gasteiger charge is -2.25. The number of nitrogens with one attached hydrogen (secondary N) is 2. The van der Waals surface area contributed by atoms with Gasteiger partial charge in [-0.05, 0) is 41.0 Å². The molecule has 5 heteroatoms. The number of hydrogen-bond donors (Lipinski definition) is 2. The van der Waals surface area contributed by atoms with Gasteiger partial charge in [0.1, 0.15) is 0 Å². The van der Waals surface area contributed by atoms with Gasteiger partial charge in [0.25, 0.3) is 0 Å². The third-order valence-corrected chi connectivity index (χ3v) is 2.38. The lowest BCUT2D eigenvalue weighted by molar-refractivity contribution is -0.122. The van der Waals surface area contributed by atoms with E-state index in [0.717, 1.165) is 25.5 Å².